The van der Waals surface area contributed by atoms with E-state index in [1.165, 1.54) is 88.3 Å². The normalized spacial score (nSPS) is 13.8. The SMILES string of the molecule is CC1CC=Cc2c1c(-c1ccc(-c3ccc(-c4ccc5oc6ccccc6c5c4)cc3)cc1)c1ccccc1c2-c1cccc(-c2ccc3ccccc3c2)c1. The first-order valence-corrected chi connectivity index (χ1v) is 19.6. The summed E-state index contributed by atoms with van der Waals surface area (Å²) in [4.78, 5) is 0. The lowest BCUT2D eigenvalue weighted by Crippen LogP contribution is -2.06. The van der Waals surface area contributed by atoms with Gasteiger partial charge in [0.15, 0.2) is 0 Å². The van der Waals surface area contributed by atoms with Gasteiger partial charge in [-0.15, -0.1) is 0 Å². The minimum absolute atomic E-state index is 0.392. The molecule has 11 rings (SSSR count). The number of furan rings is 1. The van der Waals surface area contributed by atoms with E-state index < -0.39 is 0 Å². The fraction of sp³-hybridized carbons (Fsp3) is 0.0545. The summed E-state index contributed by atoms with van der Waals surface area (Å²) in [5.41, 5.74) is 17.1. The number of allylic oxidation sites excluding steroid dienone is 1. The monoisotopic (exact) mass is 714 g/mol. The average Bonchev–Trinajstić information content (AvgIpc) is 3.64. The molecule has 0 spiro atoms. The Balaban J connectivity index is 0.974. The molecule has 1 aliphatic carbocycles. The van der Waals surface area contributed by atoms with Crippen molar-refractivity contribution in [3.05, 3.63) is 199 Å². The maximum atomic E-state index is 6.07. The molecule has 0 saturated heterocycles. The maximum Gasteiger partial charge on any atom is 0.135 e. The molecule has 1 heteroatoms. The fourth-order valence-electron chi connectivity index (χ4n) is 9.11. The van der Waals surface area contributed by atoms with Crippen molar-refractivity contribution in [3.8, 4) is 55.6 Å². The Kier molecular flexibility index (Phi) is 7.60. The molecule has 0 fully saturated rings. The second kappa shape index (κ2) is 13.1. The van der Waals surface area contributed by atoms with Gasteiger partial charge in [0.25, 0.3) is 0 Å². The Bertz CT molecular complexity index is 3160. The summed E-state index contributed by atoms with van der Waals surface area (Å²) in [6, 6.07) is 66.5. The predicted octanol–water partition coefficient (Wildman–Crippen LogP) is 15.7. The number of benzene rings is 9. The Morgan fingerprint density at radius 3 is 1.73 bits per heavy atom. The van der Waals surface area contributed by atoms with Gasteiger partial charge in [-0.25, -0.2) is 0 Å². The van der Waals surface area contributed by atoms with E-state index in [2.05, 4.69) is 189 Å². The smallest absolute Gasteiger partial charge is 0.135 e. The van der Waals surface area contributed by atoms with Gasteiger partial charge in [-0.3, -0.25) is 0 Å². The van der Waals surface area contributed by atoms with Gasteiger partial charge in [0, 0.05) is 10.8 Å². The van der Waals surface area contributed by atoms with E-state index in [0.717, 1.165) is 28.4 Å². The summed E-state index contributed by atoms with van der Waals surface area (Å²) in [6.07, 6.45) is 5.78. The molecule has 10 aromatic rings. The van der Waals surface area contributed by atoms with Gasteiger partial charge in [-0.2, -0.15) is 0 Å². The molecule has 1 heterocycles. The van der Waals surface area contributed by atoms with Gasteiger partial charge in [0.2, 0.25) is 0 Å². The van der Waals surface area contributed by atoms with Crippen molar-refractivity contribution in [3.63, 3.8) is 0 Å². The number of hydrogen-bond donors (Lipinski definition) is 0. The quantitative estimate of drug-likeness (QED) is 0.173. The molecule has 0 aliphatic heterocycles. The summed E-state index contributed by atoms with van der Waals surface area (Å²) in [6.45, 7) is 2.39. The second-order valence-corrected chi connectivity index (χ2v) is 15.3. The molecule has 1 unspecified atom stereocenters. The molecule has 9 aromatic carbocycles. The van der Waals surface area contributed by atoms with Crippen LogP contribution in [0.5, 0.6) is 0 Å². The van der Waals surface area contributed by atoms with Crippen LogP contribution in [0.2, 0.25) is 0 Å². The van der Waals surface area contributed by atoms with Crippen molar-refractivity contribution >= 4 is 49.6 Å². The molecule has 0 amide bonds. The number of para-hydroxylation sites is 1. The van der Waals surface area contributed by atoms with E-state index in [1.54, 1.807) is 0 Å². The van der Waals surface area contributed by atoms with E-state index in [4.69, 9.17) is 4.42 Å². The first-order chi connectivity index (χ1) is 27.7. The van der Waals surface area contributed by atoms with E-state index in [-0.39, 0.29) is 0 Å². The van der Waals surface area contributed by atoms with Crippen molar-refractivity contribution < 1.29 is 4.42 Å². The van der Waals surface area contributed by atoms with Gasteiger partial charge < -0.3 is 4.42 Å². The first-order valence-electron chi connectivity index (χ1n) is 19.6. The summed E-state index contributed by atoms with van der Waals surface area (Å²) in [5.74, 6) is 0.392. The molecular formula is C55H38O. The lowest BCUT2D eigenvalue weighted by molar-refractivity contribution is 0.669. The highest BCUT2D eigenvalue weighted by atomic mass is 16.3. The Labute approximate surface area is 326 Å². The van der Waals surface area contributed by atoms with Crippen LogP contribution in [0.1, 0.15) is 30.4 Å². The van der Waals surface area contributed by atoms with Crippen LogP contribution >= 0.6 is 0 Å². The van der Waals surface area contributed by atoms with Gasteiger partial charge in [0.05, 0.1) is 0 Å². The van der Waals surface area contributed by atoms with E-state index >= 15 is 0 Å². The standard InChI is InChI=1S/C55H38O/c1-35-10-8-18-49-53(35)55(48-17-5-4-16-47(48)54(49)45-14-9-13-42(33-45)43-29-26-36-11-2-3-12-41(36)32-43)40-27-24-38(25-28-40)37-20-22-39(23-21-37)44-30-31-52-50(34-44)46-15-6-7-19-51(46)56-52/h2-9,11-35H,10H2,1H3. The van der Waals surface area contributed by atoms with Crippen molar-refractivity contribution in [1.29, 1.82) is 0 Å². The second-order valence-electron chi connectivity index (χ2n) is 15.3. The highest BCUT2D eigenvalue weighted by molar-refractivity contribution is 6.11. The molecular weight excluding hydrogens is 677 g/mol. The zero-order valence-corrected chi connectivity index (χ0v) is 31.2. The average molecular weight is 715 g/mol. The fourth-order valence-corrected chi connectivity index (χ4v) is 9.11. The third-order valence-electron chi connectivity index (χ3n) is 11.9. The van der Waals surface area contributed by atoms with Crippen LogP contribution < -0.4 is 0 Å². The largest absolute Gasteiger partial charge is 0.456 e. The highest BCUT2D eigenvalue weighted by Crippen LogP contribution is 2.48. The van der Waals surface area contributed by atoms with Crippen molar-refractivity contribution in [1.82, 2.24) is 0 Å². The van der Waals surface area contributed by atoms with Crippen LogP contribution in [0.15, 0.2) is 192 Å². The van der Waals surface area contributed by atoms with E-state index in [9.17, 15) is 0 Å². The minimum Gasteiger partial charge on any atom is -0.456 e. The molecule has 1 aromatic heterocycles. The summed E-state index contributed by atoms with van der Waals surface area (Å²) >= 11 is 0. The number of rotatable bonds is 5. The van der Waals surface area contributed by atoms with Gasteiger partial charge in [-0.1, -0.05) is 171 Å². The van der Waals surface area contributed by atoms with Crippen LogP contribution in [-0.2, 0) is 0 Å². The minimum atomic E-state index is 0.392. The molecule has 1 nitrogen and oxygen atoms in total. The summed E-state index contributed by atoms with van der Waals surface area (Å²) in [5, 5.41) is 7.43. The van der Waals surface area contributed by atoms with Crippen molar-refractivity contribution in [2.24, 2.45) is 0 Å². The maximum absolute atomic E-state index is 6.07. The molecule has 0 N–H and O–H groups in total. The molecule has 0 bridgehead atoms. The Hall–Kier alpha value is -6.96. The highest BCUT2D eigenvalue weighted by Gasteiger charge is 2.25. The topological polar surface area (TPSA) is 13.1 Å². The van der Waals surface area contributed by atoms with Crippen LogP contribution in [0.3, 0.4) is 0 Å². The zero-order valence-electron chi connectivity index (χ0n) is 31.2. The predicted molar refractivity (Wildman–Crippen MR) is 238 cm³/mol. The Morgan fingerprint density at radius 2 is 0.946 bits per heavy atom. The zero-order chi connectivity index (χ0) is 37.2. The van der Waals surface area contributed by atoms with E-state index in [1.807, 2.05) is 12.1 Å². The summed E-state index contributed by atoms with van der Waals surface area (Å²) < 4.78 is 6.07. The summed E-state index contributed by atoms with van der Waals surface area (Å²) in [7, 11) is 0. The van der Waals surface area contributed by atoms with Crippen molar-refractivity contribution in [2.75, 3.05) is 0 Å². The third-order valence-corrected chi connectivity index (χ3v) is 11.9. The molecule has 0 radical (unpaired) electrons. The van der Waals surface area contributed by atoms with Gasteiger partial charge in [-0.05, 0) is 131 Å². The van der Waals surface area contributed by atoms with Crippen LogP contribution in [0, 0.1) is 0 Å². The molecule has 1 aliphatic rings. The van der Waals surface area contributed by atoms with Crippen LogP contribution in [0.25, 0.3) is 105 Å². The number of fused-ring (bicyclic) bond motifs is 6. The molecule has 1 atom stereocenters. The van der Waals surface area contributed by atoms with Crippen molar-refractivity contribution in [2.45, 2.75) is 19.3 Å². The molecule has 0 saturated carbocycles. The number of hydrogen-bond acceptors (Lipinski definition) is 1. The van der Waals surface area contributed by atoms with Gasteiger partial charge >= 0.3 is 0 Å². The lowest BCUT2D eigenvalue weighted by atomic mass is 9.76. The van der Waals surface area contributed by atoms with Crippen LogP contribution in [0.4, 0.5) is 0 Å². The van der Waals surface area contributed by atoms with Crippen LogP contribution in [-0.4, -0.2) is 0 Å². The first kappa shape index (κ1) is 32.5. The third kappa shape index (κ3) is 5.39. The Morgan fingerprint density at radius 1 is 0.393 bits per heavy atom. The van der Waals surface area contributed by atoms with E-state index in [0.29, 0.717) is 5.92 Å². The lowest BCUT2D eigenvalue weighted by Gasteiger charge is -2.27. The van der Waals surface area contributed by atoms with Gasteiger partial charge in [0.1, 0.15) is 11.2 Å². The molecule has 56 heavy (non-hydrogen) atoms. The molecule has 264 valence electrons.